The minimum Gasteiger partial charge on any atom is -0.395 e. The number of likely N-dealkylation sites (tertiary alicyclic amines) is 1. The van der Waals surface area contributed by atoms with Crippen LogP contribution in [0.3, 0.4) is 0 Å². The first kappa shape index (κ1) is 17.7. The molecule has 128 valence electrons. The van der Waals surface area contributed by atoms with Crippen molar-refractivity contribution in [1.29, 1.82) is 0 Å². The number of piperidine rings is 1. The fourth-order valence-electron chi connectivity index (χ4n) is 3.98. The Morgan fingerprint density at radius 1 is 1.14 bits per heavy atom. The van der Waals surface area contributed by atoms with Gasteiger partial charge in [0.05, 0.1) is 13.2 Å². The standard InChI is InChI=1S/C17H33N3O2/c1-4-16(13-21)19-10-8-18(9-11-19)12-17(22)20-14(2)6-5-7-15(20)3/h14-16,21H,4-13H2,1-3H3. The zero-order valence-corrected chi connectivity index (χ0v) is 14.5. The van der Waals surface area contributed by atoms with Crippen LogP contribution >= 0.6 is 0 Å². The molecule has 0 aromatic carbocycles. The first-order valence-electron chi connectivity index (χ1n) is 8.95. The van der Waals surface area contributed by atoms with Gasteiger partial charge in [-0.2, -0.15) is 0 Å². The van der Waals surface area contributed by atoms with Crippen LogP contribution in [0.5, 0.6) is 0 Å². The molecule has 2 rings (SSSR count). The van der Waals surface area contributed by atoms with E-state index in [0.29, 0.717) is 24.5 Å². The number of amides is 1. The van der Waals surface area contributed by atoms with Gasteiger partial charge in [0.15, 0.2) is 0 Å². The molecular formula is C17H33N3O2. The maximum absolute atomic E-state index is 12.6. The Morgan fingerprint density at radius 2 is 1.73 bits per heavy atom. The van der Waals surface area contributed by atoms with Gasteiger partial charge in [-0.25, -0.2) is 0 Å². The maximum Gasteiger partial charge on any atom is 0.237 e. The summed E-state index contributed by atoms with van der Waals surface area (Å²) in [4.78, 5) is 19.4. The average Bonchev–Trinajstić information content (AvgIpc) is 2.50. The Kier molecular flexibility index (Phi) is 6.66. The molecule has 2 saturated heterocycles. The quantitative estimate of drug-likeness (QED) is 0.828. The predicted octanol–water partition coefficient (Wildman–Crippen LogP) is 1.16. The number of carbonyl (C=O) groups is 1. The minimum absolute atomic E-state index is 0.234. The van der Waals surface area contributed by atoms with Crippen molar-refractivity contribution in [3.8, 4) is 0 Å². The van der Waals surface area contributed by atoms with E-state index in [2.05, 4.69) is 35.5 Å². The number of piperazine rings is 1. The summed E-state index contributed by atoms with van der Waals surface area (Å²) in [6.07, 6.45) is 4.50. The Hall–Kier alpha value is -0.650. The SMILES string of the molecule is CCC(CO)N1CCN(CC(=O)N2C(C)CCCC2C)CC1. The van der Waals surface area contributed by atoms with E-state index in [1.165, 1.54) is 6.42 Å². The summed E-state index contributed by atoms with van der Waals surface area (Å²) >= 11 is 0. The molecule has 0 radical (unpaired) electrons. The van der Waals surface area contributed by atoms with Crippen LogP contribution in [0.4, 0.5) is 0 Å². The van der Waals surface area contributed by atoms with Gasteiger partial charge in [0.2, 0.25) is 5.91 Å². The molecule has 0 aromatic heterocycles. The van der Waals surface area contributed by atoms with Gasteiger partial charge < -0.3 is 10.0 Å². The molecule has 1 amide bonds. The van der Waals surface area contributed by atoms with E-state index in [0.717, 1.165) is 45.4 Å². The molecule has 5 nitrogen and oxygen atoms in total. The van der Waals surface area contributed by atoms with E-state index < -0.39 is 0 Å². The number of carbonyl (C=O) groups excluding carboxylic acids is 1. The Bertz CT molecular complexity index is 342. The highest BCUT2D eigenvalue weighted by Gasteiger charge is 2.31. The monoisotopic (exact) mass is 311 g/mol. The summed E-state index contributed by atoms with van der Waals surface area (Å²) in [5.41, 5.74) is 0. The summed E-state index contributed by atoms with van der Waals surface area (Å²) in [5.74, 6) is 0.294. The van der Waals surface area contributed by atoms with Crippen molar-refractivity contribution in [2.45, 2.75) is 64.6 Å². The highest BCUT2D eigenvalue weighted by Crippen LogP contribution is 2.22. The Balaban J connectivity index is 1.81. The predicted molar refractivity (Wildman–Crippen MR) is 88.8 cm³/mol. The number of hydrogen-bond donors (Lipinski definition) is 1. The number of hydrogen-bond acceptors (Lipinski definition) is 4. The first-order valence-corrected chi connectivity index (χ1v) is 8.95. The van der Waals surface area contributed by atoms with Crippen molar-refractivity contribution < 1.29 is 9.90 Å². The third-order valence-electron chi connectivity index (χ3n) is 5.45. The fraction of sp³-hybridized carbons (Fsp3) is 0.941. The minimum atomic E-state index is 0.234. The van der Waals surface area contributed by atoms with Gasteiger partial charge in [-0.3, -0.25) is 14.6 Å². The molecule has 0 saturated carbocycles. The van der Waals surface area contributed by atoms with E-state index in [9.17, 15) is 9.90 Å². The lowest BCUT2D eigenvalue weighted by atomic mass is 9.97. The molecule has 0 aliphatic carbocycles. The number of nitrogens with zero attached hydrogens (tertiary/aromatic N) is 3. The zero-order chi connectivity index (χ0) is 16.1. The molecule has 5 heteroatoms. The van der Waals surface area contributed by atoms with Gasteiger partial charge in [0.25, 0.3) is 0 Å². The molecule has 2 heterocycles. The molecule has 0 aromatic rings. The van der Waals surface area contributed by atoms with Gasteiger partial charge in [0.1, 0.15) is 0 Å². The number of rotatable bonds is 5. The molecule has 2 aliphatic rings. The van der Waals surface area contributed by atoms with Crippen molar-refractivity contribution in [2.24, 2.45) is 0 Å². The van der Waals surface area contributed by atoms with Crippen LogP contribution in [-0.2, 0) is 4.79 Å². The van der Waals surface area contributed by atoms with Crippen LogP contribution in [0.1, 0.15) is 46.5 Å². The number of aliphatic hydroxyl groups excluding tert-OH is 1. The van der Waals surface area contributed by atoms with Crippen LogP contribution in [-0.4, -0.2) is 83.2 Å². The second-order valence-electron chi connectivity index (χ2n) is 6.99. The molecule has 3 atom stereocenters. The van der Waals surface area contributed by atoms with Gasteiger partial charge in [-0.15, -0.1) is 0 Å². The van der Waals surface area contributed by atoms with Crippen LogP contribution in [0.15, 0.2) is 0 Å². The molecule has 0 spiro atoms. The summed E-state index contributed by atoms with van der Waals surface area (Å²) in [5, 5.41) is 9.40. The van der Waals surface area contributed by atoms with Crippen LogP contribution in [0, 0.1) is 0 Å². The van der Waals surface area contributed by atoms with E-state index in [1.807, 2.05) is 0 Å². The second-order valence-corrected chi connectivity index (χ2v) is 6.99. The zero-order valence-electron chi connectivity index (χ0n) is 14.5. The largest absolute Gasteiger partial charge is 0.395 e. The summed E-state index contributed by atoms with van der Waals surface area (Å²) in [7, 11) is 0. The average molecular weight is 311 g/mol. The van der Waals surface area contributed by atoms with Crippen LogP contribution < -0.4 is 0 Å². The topological polar surface area (TPSA) is 47.0 Å². The third kappa shape index (κ3) is 4.21. The van der Waals surface area contributed by atoms with Crippen LogP contribution in [0.2, 0.25) is 0 Å². The summed E-state index contributed by atoms with van der Waals surface area (Å²) in [6, 6.07) is 1.05. The molecule has 2 aliphatic heterocycles. The Morgan fingerprint density at radius 3 is 2.23 bits per heavy atom. The van der Waals surface area contributed by atoms with Gasteiger partial charge >= 0.3 is 0 Å². The van der Waals surface area contributed by atoms with Gasteiger partial charge in [0, 0.05) is 44.3 Å². The van der Waals surface area contributed by atoms with Gasteiger partial charge in [-0.1, -0.05) is 6.92 Å². The smallest absolute Gasteiger partial charge is 0.237 e. The summed E-state index contributed by atoms with van der Waals surface area (Å²) in [6.45, 7) is 11.0. The van der Waals surface area contributed by atoms with Crippen molar-refractivity contribution in [3.63, 3.8) is 0 Å². The second kappa shape index (κ2) is 8.27. The highest BCUT2D eigenvalue weighted by atomic mass is 16.3. The molecule has 22 heavy (non-hydrogen) atoms. The third-order valence-corrected chi connectivity index (χ3v) is 5.45. The molecular weight excluding hydrogens is 278 g/mol. The van der Waals surface area contributed by atoms with E-state index >= 15 is 0 Å². The molecule has 0 bridgehead atoms. The molecule has 3 unspecified atom stereocenters. The number of aliphatic hydroxyl groups is 1. The van der Waals surface area contributed by atoms with Crippen molar-refractivity contribution in [3.05, 3.63) is 0 Å². The lowest BCUT2D eigenvalue weighted by molar-refractivity contribution is -0.139. The van der Waals surface area contributed by atoms with E-state index in [4.69, 9.17) is 0 Å². The first-order chi connectivity index (χ1) is 10.6. The van der Waals surface area contributed by atoms with E-state index in [-0.39, 0.29) is 12.6 Å². The van der Waals surface area contributed by atoms with Crippen molar-refractivity contribution in [2.75, 3.05) is 39.3 Å². The fourth-order valence-corrected chi connectivity index (χ4v) is 3.98. The lowest BCUT2D eigenvalue weighted by Crippen LogP contribution is -2.55. The molecule has 2 fully saturated rings. The highest BCUT2D eigenvalue weighted by molar-refractivity contribution is 5.79. The van der Waals surface area contributed by atoms with Crippen LogP contribution in [0.25, 0.3) is 0 Å². The lowest BCUT2D eigenvalue weighted by Gasteiger charge is -2.42. The molecule has 1 N–H and O–H groups in total. The van der Waals surface area contributed by atoms with E-state index in [1.54, 1.807) is 0 Å². The van der Waals surface area contributed by atoms with Crippen molar-refractivity contribution >= 4 is 5.91 Å². The van der Waals surface area contributed by atoms with Gasteiger partial charge in [-0.05, 0) is 39.5 Å². The Labute approximate surface area is 135 Å². The normalized spacial score (nSPS) is 29.5. The maximum atomic E-state index is 12.6. The van der Waals surface area contributed by atoms with Crippen molar-refractivity contribution in [1.82, 2.24) is 14.7 Å². The summed E-state index contributed by atoms with van der Waals surface area (Å²) < 4.78 is 0.